The standard InChI is InChI=1S/C18H17NO3S/c1-11(18(21)22)19-14-8-4-3-7-13(14)17(20)16-10-12-6-2-5-9-15(12)23-16/h2-9,11,16,19H,10H2,1H3,(H,21,22). The largest absolute Gasteiger partial charge is 0.480 e. The van der Waals surface area contributed by atoms with Gasteiger partial charge in [0.15, 0.2) is 5.78 Å². The molecule has 5 heteroatoms. The molecule has 23 heavy (non-hydrogen) atoms. The average molecular weight is 327 g/mol. The summed E-state index contributed by atoms with van der Waals surface area (Å²) in [6.07, 6.45) is 0.711. The van der Waals surface area contributed by atoms with E-state index in [1.54, 1.807) is 43.0 Å². The van der Waals surface area contributed by atoms with Gasteiger partial charge in [-0.2, -0.15) is 0 Å². The van der Waals surface area contributed by atoms with Gasteiger partial charge in [-0.25, -0.2) is 0 Å². The first-order chi connectivity index (χ1) is 11.1. The smallest absolute Gasteiger partial charge is 0.325 e. The third kappa shape index (κ3) is 3.24. The second kappa shape index (κ2) is 6.46. The van der Waals surface area contributed by atoms with Gasteiger partial charge in [0.05, 0.1) is 5.25 Å². The Morgan fingerprint density at radius 2 is 1.87 bits per heavy atom. The Bertz CT molecular complexity index is 734. The van der Waals surface area contributed by atoms with Crippen molar-refractivity contribution < 1.29 is 14.7 Å². The number of carboxylic acids is 1. The normalized spacial score (nSPS) is 17.3. The van der Waals surface area contributed by atoms with Crippen LogP contribution in [0.3, 0.4) is 0 Å². The van der Waals surface area contributed by atoms with Gasteiger partial charge >= 0.3 is 5.97 Å². The van der Waals surface area contributed by atoms with Crippen LogP contribution >= 0.6 is 11.8 Å². The molecule has 0 radical (unpaired) electrons. The number of anilines is 1. The van der Waals surface area contributed by atoms with E-state index in [9.17, 15) is 9.59 Å². The highest BCUT2D eigenvalue weighted by Gasteiger charge is 2.30. The van der Waals surface area contributed by atoms with Crippen molar-refractivity contribution in [3.63, 3.8) is 0 Å². The minimum atomic E-state index is -0.949. The molecule has 1 aliphatic heterocycles. The lowest BCUT2D eigenvalue weighted by atomic mass is 10.0. The van der Waals surface area contributed by atoms with Gasteiger partial charge in [-0.15, -0.1) is 11.8 Å². The molecule has 3 rings (SSSR count). The number of para-hydroxylation sites is 1. The average Bonchev–Trinajstić information content (AvgIpc) is 2.98. The molecule has 1 aliphatic rings. The van der Waals surface area contributed by atoms with Crippen LogP contribution in [0, 0.1) is 0 Å². The molecule has 2 aromatic carbocycles. The molecule has 0 fully saturated rings. The summed E-state index contributed by atoms with van der Waals surface area (Å²) < 4.78 is 0. The number of carbonyl (C=O) groups is 2. The van der Waals surface area contributed by atoms with Crippen LogP contribution in [0.15, 0.2) is 53.4 Å². The summed E-state index contributed by atoms with van der Waals surface area (Å²) in [7, 11) is 0. The van der Waals surface area contributed by atoms with Crippen molar-refractivity contribution >= 4 is 29.2 Å². The lowest BCUT2D eigenvalue weighted by Gasteiger charge is -2.16. The summed E-state index contributed by atoms with van der Waals surface area (Å²) in [5.41, 5.74) is 2.31. The first kappa shape index (κ1) is 15.6. The number of carboxylic acid groups (broad SMARTS) is 1. The van der Waals surface area contributed by atoms with Crippen molar-refractivity contribution in [2.45, 2.75) is 29.5 Å². The zero-order chi connectivity index (χ0) is 16.4. The Labute approximate surface area is 138 Å². The van der Waals surface area contributed by atoms with E-state index in [0.717, 1.165) is 4.90 Å². The lowest BCUT2D eigenvalue weighted by molar-refractivity contribution is -0.137. The van der Waals surface area contributed by atoms with Gasteiger partial charge in [-0.3, -0.25) is 9.59 Å². The molecule has 118 valence electrons. The zero-order valence-electron chi connectivity index (χ0n) is 12.7. The Kier molecular flexibility index (Phi) is 4.39. The highest BCUT2D eigenvalue weighted by atomic mass is 32.2. The monoisotopic (exact) mass is 327 g/mol. The molecule has 0 saturated heterocycles. The van der Waals surface area contributed by atoms with E-state index < -0.39 is 12.0 Å². The van der Waals surface area contributed by atoms with Gasteiger partial charge < -0.3 is 10.4 Å². The SMILES string of the molecule is CC(Nc1ccccc1C(=O)C1Cc2ccccc2S1)C(=O)O. The number of carbonyl (C=O) groups excluding carboxylic acids is 1. The fourth-order valence-corrected chi connectivity index (χ4v) is 3.88. The molecule has 0 saturated carbocycles. The number of nitrogens with one attached hydrogen (secondary N) is 1. The van der Waals surface area contributed by atoms with Crippen LogP contribution in [-0.2, 0) is 11.2 Å². The molecule has 0 aromatic heterocycles. The van der Waals surface area contributed by atoms with Crippen molar-refractivity contribution in [2.24, 2.45) is 0 Å². The van der Waals surface area contributed by atoms with Crippen molar-refractivity contribution in [2.75, 3.05) is 5.32 Å². The highest BCUT2D eigenvalue weighted by molar-refractivity contribution is 8.01. The van der Waals surface area contributed by atoms with Crippen LogP contribution in [0.2, 0.25) is 0 Å². The number of hydrogen-bond donors (Lipinski definition) is 2. The molecule has 1 heterocycles. The van der Waals surface area contributed by atoms with Crippen LogP contribution in [0.1, 0.15) is 22.8 Å². The van der Waals surface area contributed by atoms with E-state index in [2.05, 4.69) is 5.32 Å². The Balaban J connectivity index is 1.82. The number of thioether (sulfide) groups is 1. The highest BCUT2D eigenvalue weighted by Crippen LogP contribution is 2.39. The first-order valence-electron chi connectivity index (χ1n) is 7.43. The maximum atomic E-state index is 12.9. The van der Waals surface area contributed by atoms with E-state index in [0.29, 0.717) is 17.7 Å². The molecule has 0 bridgehead atoms. The Hall–Kier alpha value is -2.27. The molecule has 2 aromatic rings. The molecule has 4 nitrogen and oxygen atoms in total. The lowest BCUT2D eigenvalue weighted by Crippen LogP contribution is -2.27. The van der Waals surface area contributed by atoms with Crippen molar-refractivity contribution in [3.05, 3.63) is 59.7 Å². The van der Waals surface area contributed by atoms with Gasteiger partial charge in [0.25, 0.3) is 0 Å². The molecular weight excluding hydrogens is 310 g/mol. The molecule has 2 unspecified atom stereocenters. The zero-order valence-corrected chi connectivity index (χ0v) is 13.5. The maximum Gasteiger partial charge on any atom is 0.325 e. The fraction of sp³-hybridized carbons (Fsp3) is 0.222. The van der Waals surface area contributed by atoms with Crippen molar-refractivity contribution in [1.29, 1.82) is 0 Å². The molecule has 2 N–H and O–H groups in total. The summed E-state index contributed by atoms with van der Waals surface area (Å²) in [6, 6.07) is 14.4. The number of ketones is 1. The van der Waals surface area contributed by atoms with Crippen LogP contribution in [0.5, 0.6) is 0 Å². The Morgan fingerprint density at radius 1 is 1.17 bits per heavy atom. The molecule has 0 aliphatic carbocycles. The second-order valence-corrected chi connectivity index (χ2v) is 6.78. The predicted molar refractivity (Wildman–Crippen MR) is 91.3 cm³/mol. The van der Waals surface area contributed by atoms with Crippen LogP contribution in [-0.4, -0.2) is 28.2 Å². The summed E-state index contributed by atoms with van der Waals surface area (Å²) in [5.74, 6) is -0.915. The molecular formula is C18H17NO3S. The minimum Gasteiger partial charge on any atom is -0.480 e. The van der Waals surface area contributed by atoms with Gasteiger partial charge in [0.2, 0.25) is 0 Å². The van der Waals surface area contributed by atoms with Crippen LogP contribution < -0.4 is 5.32 Å². The van der Waals surface area contributed by atoms with Gasteiger partial charge in [0, 0.05) is 16.1 Å². The topological polar surface area (TPSA) is 66.4 Å². The number of fused-ring (bicyclic) bond motifs is 1. The van der Waals surface area contributed by atoms with Crippen molar-refractivity contribution in [1.82, 2.24) is 0 Å². The fourth-order valence-electron chi connectivity index (χ4n) is 2.62. The number of hydrogen-bond acceptors (Lipinski definition) is 4. The van der Waals surface area contributed by atoms with Gasteiger partial charge in [-0.1, -0.05) is 30.3 Å². The van der Waals surface area contributed by atoms with E-state index in [-0.39, 0.29) is 11.0 Å². The molecule has 2 atom stereocenters. The van der Waals surface area contributed by atoms with Crippen LogP contribution in [0.25, 0.3) is 0 Å². The third-order valence-corrected chi connectivity index (χ3v) is 5.19. The first-order valence-corrected chi connectivity index (χ1v) is 8.31. The Morgan fingerprint density at radius 3 is 2.61 bits per heavy atom. The second-order valence-electron chi connectivity index (χ2n) is 5.53. The quantitative estimate of drug-likeness (QED) is 0.823. The van der Waals surface area contributed by atoms with E-state index in [4.69, 9.17) is 5.11 Å². The van der Waals surface area contributed by atoms with Crippen molar-refractivity contribution in [3.8, 4) is 0 Å². The molecule has 0 spiro atoms. The number of rotatable bonds is 5. The van der Waals surface area contributed by atoms with E-state index in [1.807, 2.05) is 24.3 Å². The van der Waals surface area contributed by atoms with Gasteiger partial charge in [0.1, 0.15) is 6.04 Å². The minimum absolute atomic E-state index is 0.0342. The molecule has 0 amide bonds. The predicted octanol–water partition coefficient (Wildman–Crippen LogP) is 3.47. The summed E-state index contributed by atoms with van der Waals surface area (Å²) in [6.45, 7) is 1.56. The third-order valence-electron chi connectivity index (χ3n) is 3.87. The number of Topliss-reactive ketones (excluding diaryl/α,β-unsaturated/α-hetero) is 1. The number of aliphatic carboxylic acids is 1. The summed E-state index contributed by atoms with van der Waals surface area (Å²) in [5, 5.41) is 11.8. The van der Waals surface area contributed by atoms with E-state index in [1.165, 1.54) is 5.56 Å². The summed E-state index contributed by atoms with van der Waals surface area (Å²) in [4.78, 5) is 25.1. The number of benzene rings is 2. The summed E-state index contributed by atoms with van der Waals surface area (Å²) >= 11 is 1.58. The van der Waals surface area contributed by atoms with Gasteiger partial charge in [-0.05, 0) is 37.1 Å². The van der Waals surface area contributed by atoms with Crippen LogP contribution in [0.4, 0.5) is 5.69 Å². The maximum absolute atomic E-state index is 12.9. The van der Waals surface area contributed by atoms with E-state index >= 15 is 0 Å².